The average molecular weight is 302 g/mol. The van der Waals surface area contributed by atoms with Crippen molar-refractivity contribution in [2.75, 3.05) is 5.32 Å². The van der Waals surface area contributed by atoms with Gasteiger partial charge in [0.2, 0.25) is 0 Å². The topological polar surface area (TPSA) is 81.6 Å². The van der Waals surface area contributed by atoms with Gasteiger partial charge in [0, 0.05) is 6.42 Å². The van der Waals surface area contributed by atoms with Gasteiger partial charge in [-0.2, -0.15) is 9.78 Å². The first-order valence-corrected chi connectivity index (χ1v) is 7.46. The molecule has 0 unspecified atom stereocenters. The molecule has 0 radical (unpaired) electrons. The van der Waals surface area contributed by atoms with E-state index in [1.54, 1.807) is 10.9 Å². The smallest absolute Gasteiger partial charge is 0.155 e. The quantitative estimate of drug-likeness (QED) is 0.824. The predicted octanol–water partition coefficient (Wildman–Crippen LogP) is 2.22. The van der Waals surface area contributed by atoms with Crippen LogP contribution in [0.4, 0.5) is 5.69 Å². The number of nitrogens with one attached hydrogen (secondary N) is 1. The number of nitrogens with zero attached hydrogens (tertiary/aromatic N) is 4. The van der Waals surface area contributed by atoms with Crippen molar-refractivity contribution in [2.45, 2.75) is 32.2 Å². The molecule has 1 aliphatic rings. The van der Waals surface area contributed by atoms with Crippen molar-refractivity contribution < 1.29 is 0 Å². The monoisotopic (exact) mass is 302 g/mol. The van der Waals surface area contributed by atoms with Crippen molar-refractivity contribution in [3.8, 4) is 5.82 Å². The summed E-state index contributed by atoms with van der Waals surface area (Å²) in [5, 5.41) is 7.38. The van der Waals surface area contributed by atoms with Gasteiger partial charge in [-0.05, 0) is 37.8 Å². The second-order valence-corrected chi connectivity index (χ2v) is 5.91. The van der Waals surface area contributed by atoms with E-state index in [1.807, 2.05) is 19.1 Å². The molecule has 2 aromatic heterocycles. The van der Waals surface area contributed by atoms with Gasteiger partial charge in [-0.3, -0.25) is 0 Å². The molecule has 0 bridgehead atoms. The number of rotatable bonds is 5. The molecule has 0 amide bonds. The second-order valence-electron chi connectivity index (χ2n) is 5.42. The van der Waals surface area contributed by atoms with Crippen LogP contribution in [-0.2, 0) is 0 Å². The third-order valence-corrected chi connectivity index (χ3v) is 3.67. The first-order chi connectivity index (χ1) is 10.1. The van der Waals surface area contributed by atoms with Gasteiger partial charge >= 0.3 is 0 Å². The summed E-state index contributed by atoms with van der Waals surface area (Å²) in [7, 11) is 0. The Morgan fingerprint density at radius 1 is 1.48 bits per heavy atom. The van der Waals surface area contributed by atoms with Crippen LogP contribution >= 0.6 is 12.2 Å². The predicted molar refractivity (Wildman–Crippen MR) is 85.3 cm³/mol. The molecule has 0 aromatic carbocycles. The minimum absolute atomic E-state index is 0.196. The summed E-state index contributed by atoms with van der Waals surface area (Å²) in [5.74, 6) is 2.16. The highest BCUT2D eigenvalue weighted by Gasteiger charge is 2.22. The van der Waals surface area contributed by atoms with Gasteiger partial charge in [0.1, 0.15) is 6.33 Å². The van der Waals surface area contributed by atoms with E-state index in [2.05, 4.69) is 20.4 Å². The maximum atomic E-state index is 5.86. The van der Waals surface area contributed by atoms with Crippen LogP contribution in [0.15, 0.2) is 24.7 Å². The molecule has 1 atom stereocenters. The second kappa shape index (κ2) is 5.87. The Kier molecular flexibility index (Phi) is 3.94. The molecule has 21 heavy (non-hydrogen) atoms. The molecule has 0 spiro atoms. The van der Waals surface area contributed by atoms with Gasteiger partial charge in [0.25, 0.3) is 0 Å². The number of pyridine rings is 1. The van der Waals surface area contributed by atoms with Gasteiger partial charge < -0.3 is 11.1 Å². The van der Waals surface area contributed by atoms with E-state index in [-0.39, 0.29) is 6.04 Å². The summed E-state index contributed by atoms with van der Waals surface area (Å²) in [6.07, 6.45) is 6.80. The number of hydrogen-bond donors (Lipinski definition) is 2. The summed E-state index contributed by atoms with van der Waals surface area (Å²) in [6, 6.07) is 3.62. The highest BCUT2D eigenvalue weighted by atomic mass is 32.1. The zero-order valence-corrected chi connectivity index (χ0v) is 12.7. The largest absolute Gasteiger partial charge is 0.349 e. The molecule has 3 N–H and O–H groups in total. The highest BCUT2D eigenvalue weighted by Crippen LogP contribution is 2.32. The SMILES string of the molecule is C[C@H](N)c1ncnn1-c1ccc(NC(=S)CC2CC2)cn1. The minimum Gasteiger partial charge on any atom is -0.349 e. The standard InChI is InChI=1S/C14H18N6S/c1-9(15)14-17-8-18-20(14)12-5-4-11(7-16-12)19-13(21)6-10-2-3-10/h4-5,7-10H,2-3,6,15H2,1H3,(H,19,21)/t9-/m0/s1. The summed E-state index contributed by atoms with van der Waals surface area (Å²) in [4.78, 5) is 9.43. The lowest BCUT2D eigenvalue weighted by Crippen LogP contribution is -2.14. The molecular weight excluding hydrogens is 284 g/mol. The van der Waals surface area contributed by atoms with E-state index in [0.717, 1.165) is 23.0 Å². The number of aromatic nitrogens is 4. The lowest BCUT2D eigenvalue weighted by Gasteiger charge is -2.10. The fourth-order valence-electron chi connectivity index (χ4n) is 2.12. The molecule has 1 aliphatic carbocycles. The Hall–Kier alpha value is -1.86. The molecule has 2 heterocycles. The number of hydrogen-bond acceptors (Lipinski definition) is 5. The Labute approximate surface area is 128 Å². The highest BCUT2D eigenvalue weighted by molar-refractivity contribution is 7.80. The fraction of sp³-hybridized carbons (Fsp3) is 0.429. The van der Waals surface area contributed by atoms with Crippen LogP contribution < -0.4 is 11.1 Å². The molecule has 2 aromatic rings. The van der Waals surface area contributed by atoms with Gasteiger partial charge in [-0.25, -0.2) is 9.97 Å². The molecule has 0 saturated heterocycles. The lowest BCUT2D eigenvalue weighted by atomic mass is 10.3. The van der Waals surface area contributed by atoms with Crippen LogP contribution in [0.5, 0.6) is 0 Å². The Bertz CT molecular complexity index is 629. The van der Waals surface area contributed by atoms with Gasteiger partial charge in [-0.15, -0.1) is 0 Å². The van der Waals surface area contributed by atoms with Crippen molar-refractivity contribution >= 4 is 22.9 Å². The van der Waals surface area contributed by atoms with Gasteiger partial charge in [-0.1, -0.05) is 12.2 Å². The maximum Gasteiger partial charge on any atom is 0.155 e. The van der Waals surface area contributed by atoms with E-state index in [0.29, 0.717) is 11.6 Å². The van der Waals surface area contributed by atoms with E-state index in [1.165, 1.54) is 19.2 Å². The normalized spacial score (nSPS) is 15.7. The molecule has 3 rings (SSSR count). The van der Waals surface area contributed by atoms with Crippen LogP contribution in [0, 0.1) is 5.92 Å². The summed E-state index contributed by atoms with van der Waals surface area (Å²) in [6.45, 7) is 1.87. The first-order valence-electron chi connectivity index (χ1n) is 7.05. The fourth-order valence-corrected chi connectivity index (χ4v) is 2.47. The molecule has 1 saturated carbocycles. The Balaban J connectivity index is 1.71. The number of thiocarbonyl (C=S) groups is 1. The maximum absolute atomic E-state index is 5.86. The third kappa shape index (κ3) is 3.43. The van der Waals surface area contributed by atoms with Crippen LogP contribution in [0.25, 0.3) is 5.82 Å². The van der Waals surface area contributed by atoms with Crippen molar-refractivity contribution in [3.05, 3.63) is 30.5 Å². The van der Waals surface area contributed by atoms with Crippen molar-refractivity contribution in [3.63, 3.8) is 0 Å². The van der Waals surface area contributed by atoms with Crippen molar-refractivity contribution in [1.82, 2.24) is 19.7 Å². The minimum atomic E-state index is -0.196. The zero-order valence-electron chi connectivity index (χ0n) is 11.9. The van der Waals surface area contributed by atoms with Gasteiger partial charge in [0.15, 0.2) is 11.6 Å². The molecule has 6 nitrogen and oxygen atoms in total. The van der Waals surface area contributed by atoms with Crippen LogP contribution in [0.3, 0.4) is 0 Å². The molecule has 7 heteroatoms. The summed E-state index contributed by atoms with van der Waals surface area (Å²) in [5.41, 5.74) is 6.76. The average Bonchev–Trinajstić information content (AvgIpc) is 3.12. The van der Waals surface area contributed by atoms with Crippen LogP contribution in [0.2, 0.25) is 0 Å². The van der Waals surface area contributed by atoms with Crippen molar-refractivity contribution in [1.29, 1.82) is 0 Å². The Morgan fingerprint density at radius 3 is 2.90 bits per heavy atom. The van der Waals surface area contributed by atoms with E-state index in [9.17, 15) is 0 Å². The third-order valence-electron chi connectivity index (χ3n) is 3.40. The molecule has 0 aliphatic heterocycles. The van der Waals surface area contributed by atoms with Gasteiger partial charge in [0.05, 0.1) is 22.9 Å². The first kappa shape index (κ1) is 14.1. The zero-order chi connectivity index (χ0) is 14.8. The molecule has 110 valence electrons. The Morgan fingerprint density at radius 2 is 2.29 bits per heavy atom. The summed E-state index contributed by atoms with van der Waals surface area (Å²) < 4.78 is 1.65. The van der Waals surface area contributed by atoms with E-state index < -0.39 is 0 Å². The van der Waals surface area contributed by atoms with E-state index in [4.69, 9.17) is 18.0 Å². The lowest BCUT2D eigenvalue weighted by molar-refractivity contribution is 0.681. The summed E-state index contributed by atoms with van der Waals surface area (Å²) >= 11 is 5.34. The van der Waals surface area contributed by atoms with Crippen molar-refractivity contribution in [2.24, 2.45) is 11.7 Å². The molecular formula is C14H18N6S. The number of anilines is 1. The van der Waals surface area contributed by atoms with Crippen LogP contribution in [-0.4, -0.2) is 24.7 Å². The molecule has 1 fully saturated rings. The number of nitrogens with two attached hydrogens (primary N) is 1. The van der Waals surface area contributed by atoms with E-state index >= 15 is 0 Å². The van der Waals surface area contributed by atoms with Crippen LogP contribution in [0.1, 0.15) is 38.1 Å².